The van der Waals surface area contributed by atoms with E-state index in [4.69, 9.17) is 24.3 Å². The number of rotatable bonds is 5. The number of hydrogen-bond acceptors (Lipinski definition) is 6. The summed E-state index contributed by atoms with van der Waals surface area (Å²) < 4.78 is 12.6. The fraction of sp³-hybridized carbons (Fsp3) is 0.176. The van der Waals surface area contributed by atoms with E-state index in [1.165, 1.54) is 0 Å². The molecular weight excluding hydrogens is 507 g/mol. The fourth-order valence-corrected chi connectivity index (χ4v) is 4.74. The smallest absolute Gasteiger partial charge is 0.399 e. The highest BCUT2D eigenvalue weighted by atomic mass is 16.7. The predicted molar refractivity (Wildman–Crippen MR) is 162 cm³/mol. The zero-order chi connectivity index (χ0) is 28.6. The molecule has 0 atom stereocenters. The number of nitrogens with zero attached hydrogens (tertiary/aromatic N) is 4. The van der Waals surface area contributed by atoms with Gasteiger partial charge in [0.05, 0.1) is 22.8 Å². The van der Waals surface area contributed by atoms with E-state index in [2.05, 4.69) is 30.3 Å². The summed E-state index contributed by atoms with van der Waals surface area (Å²) in [5.74, 6) is 1.57. The van der Waals surface area contributed by atoms with Crippen LogP contribution in [0, 0.1) is 11.3 Å². The molecule has 1 aromatic heterocycles. The minimum absolute atomic E-state index is 0.446. The van der Waals surface area contributed by atoms with Gasteiger partial charge in [0, 0.05) is 16.7 Å². The average molecular weight is 536 g/mol. The van der Waals surface area contributed by atoms with Crippen LogP contribution in [0.3, 0.4) is 0 Å². The van der Waals surface area contributed by atoms with Crippen molar-refractivity contribution in [3.05, 3.63) is 109 Å². The molecule has 6 nitrogen and oxygen atoms in total. The second-order valence-corrected chi connectivity index (χ2v) is 11.2. The van der Waals surface area contributed by atoms with E-state index in [0.29, 0.717) is 23.0 Å². The highest BCUT2D eigenvalue weighted by Crippen LogP contribution is 2.37. The molecule has 1 saturated heterocycles. The van der Waals surface area contributed by atoms with Crippen LogP contribution in [0.2, 0.25) is 0 Å². The van der Waals surface area contributed by atoms with Gasteiger partial charge in [-0.15, -0.1) is 0 Å². The molecule has 2 heterocycles. The van der Waals surface area contributed by atoms with Gasteiger partial charge in [0.2, 0.25) is 0 Å². The Labute approximate surface area is 240 Å². The summed E-state index contributed by atoms with van der Waals surface area (Å²) in [5, 5.41) is 9.48. The van der Waals surface area contributed by atoms with Crippen molar-refractivity contribution in [2.45, 2.75) is 38.9 Å². The molecule has 41 heavy (non-hydrogen) atoms. The maximum absolute atomic E-state index is 9.48. The molecule has 0 radical (unpaired) electrons. The molecule has 0 spiro atoms. The largest absolute Gasteiger partial charge is 0.494 e. The Bertz CT molecular complexity index is 1750. The van der Waals surface area contributed by atoms with Crippen molar-refractivity contribution in [2.24, 2.45) is 0 Å². The van der Waals surface area contributed by atoms with Gasteiger partial charge in [-0.2, -0.15) is 5.26 Å². The molecule has 0 saturated carbocycles. The summed E-state index contributed by atoms with van der Waals surface area (Å²) in [4.78, 5) is 14.6. The third kappa shape index (κ3) is 5.28. The molecule has 4 aromatic carbocycles. The van der Waals surface area contributed by atoms with Crippen LogP contribution in [0.4, 0.5) is 0 Å². The first kappa shape index (κ1) is 26.6. The Morgan fingerprint density at radius 3 is 1.66 bits per heavy atom. The van der Waals surface area contributed by atoms with Gasteiger partial charge < -0.3 is 9.31 Å². The van der Waals surface area contributed by atoms with E-state index in [1.54, 1.807) is 12.1 Å². The lowest BCUT2D eigenvalue weighted by molar-refractivity contribution is 0.00578. The average Bonchev–Trinajstić information content (AvgIpc) is 3.23. The molecule has 6 rings (SSSR count). The summed E-state index contributed by atoms with van der Waals surface area (Å²) in [6.45, 7) is 8.17. The predicted octanol–water partition coefficient (Wildman–Crippen LogP) is 6.71. The molecule has 0 amide bonds. The van der Waals surface area contributed by atoms with E-state index >= 15 is 0 Å². The molecule has 7 heteroatoms. The molecule has 1 fully saturated rings. The van der Waals surface area contributed by atoms with Gasteiger partial charge in [-0.3, -0.25) is 0 Å². The fourth-order valence-electron chi connectivity index (χ4n) is 4.74. The summed E-state index contributed by atoms with van der Waals surface area (Å²) in [6, 6.07) is 35.9. The highest BCUT2D eigenvalue weighted by Gasteiger charge is 2.51. The normalized spacial score (nSPS) is 15.4. The number of aromatic nitrogens is 3. The lowest BCUT2D eigenvalue weighted by atomic mass is 9.78. The van der Waals surface area contributed by atoms with Gasteiger partial charge in [0.25, 0.3) is 0 Å². The third-order valence-corrected chi connectivity index (χ3v) is 7.81. The summed E-state index contributed by atoms with van der Waals surface area (Å²) in [6.07, 6.45) is 0. The van der Waals surface area contributed by atoms with Crippen LogP contribution < -0.4 is 5.46 Å². The summed E-state index contributed by atoms with van der Waals surface area (Å²) in [5.41, 5.74) is 5.23. The van der Waals surface area contributed by atoms with E-state index in [1.807, 2.05) is 94.4 Å². The minimum atomic E-state index is -0.501. The quantitative estimate of drug-likeness (QED) is 0.232. The van der Waals surface area contributed by atoms with Crippen LogP contribution in [-0.4, -0.2) is 33.3 Å². The summed E-state index contributed by atoms with van der Waals surface area (Å²) in [7, 11) is -0.501. The van der Waals surface area contributed by atoms with Gasteiger partial charge in [0.15, 0.2) is 17.5 Å². The Morgan fingerprint density at radius 2 is 1.05 bits per heavy atom. The molecule has 1 aliphatic heterocycles. The number of nitriles is 1. The van der Waals surface area contributed by atoms with Crippen molar-refractivity contribution in [3.8, 4) is 51.4 Å². The first-order valence-electron chi connectivity index (χ1n) is 13.6. The van der Waals surface area contributed by atoms with Crippen LogP contribution in [0.25, 0.3) is 45.3 Å². The molecule has 200 valence electrons. The maximum atomic E-state index is 9.48. The Morgan fingerprint density at radius 1 is 0.561 bits per heavy atom. The van der Waals surface area contributed by atoms with Crippen LogP contribution >= 0.6 is 0 Å². The molecule has 0 unspecified atom stereocenters. The SMILES string of the molecule is CC1(C)OB(c2cccc(-c3nc(-c4ccc(-c5ccccc5)cc4)nc(-c4cccc(C#N)c4)n3)c2)OC1(C)C. The van der Waals surface area contributed by atoms with E-state index in [9.17, 15) is 5.26 Å². The van der Waals surface area contributed by atoms with E-state index in [-0.39, 0.29) is 0 Å². The topological polar surface area (TPSA) is 80.9 Å². The summed E-state index contributed by atoms with van der Waals surface area (Å²) >= 11 is 0. The second kappa shape index (κ2) is 10.4. The van der Waals surface area contributed by atoms with Gasteiger partial charge in [-0.05, 0) is 56.4 Å². The van der Waals surface area contributed by atoms with Crippen LogP contribution in [0.1, 0.15) is 33.3 Å². The number of benzene rings is 4. The van der Waals surface area contributed by atoms with Crippen molar-refractivity contribution >= 4 is 12.6 Å². The lowest BCUT2D eigenvalue weighted by Crippen LogP contribution is -2.41. The van der Waals surface area contributed by atoms with Crippen LogP contribution in [0.15, 0.2) is 103 Å². The standard InChI is InChI=1S/C34H29BN4O2/c1-33(2)34(3,4)41-35(40-33)29-15-9-14-28(21-29)32-38-30(37-31(39-32)27-13-8-10-23(20-27)22-36)26-18-16-25(17-19-26)24-11-6-5-7-12-24/h5-21H,1-4H3. The molecular formula is C34H29BN4O2. The third-order valence-electron chi connectivity index (χ3n) is 7.81. The Balaban J connectivity index is 1.43. The Hall–Kier alpha value is -4.64. The van der Waals surface area contributed by atoms with Gasteiger partial charge >= 0.3 is 7.12 Å². The zero-order valence-corrected chi connectivity index (χ0v) is 23.5. The van der Waals surface area contributed by atoms with Crippen molar-refractivity contribution in [1.29, 1.82) is 5.26 Å². The minimum Gasteiger partial charge on any atom is -0.399 e. The van der Waals surface area contributed by atoms with Crippen molar-refractivity contribution in [3.63, 3.8) is 0 Å². The second-order valence-electron chi connectivity index (χ2n) is 11.2. The van der Waals surface area contributed by atoms with Crippen molar-refractivity contribution in [1.82, 2.24) is 15.0 Å². The van der Waals surface area contributed by atoms with E-state index < -0.39 is 18.3 Å². The molecule has 0 N–H and O–H groups in total. The van der Waals surface area contributed by atoms with Gasteiger partial charge in [-0.25, -0.2) is 15.0 Å². The van der Waals surface area contributed by atoms with Crippen molar-refractivity contribution < 1.29 is 9.31 Å². The Kier molecular flexibility index (Phi) is 6.74. The molecule has 5 aromatic rings. The molecule has 0 bridgehead atoms. The van der Waals surface area contributed by atoms with Crippen molar-refractivity contribution in [2.75, 3.05) is 0 Å². The lowest BCUT2D eigenvalue weighted by Gasteiger charge is -2.32. The zero-order valence-electron chi connectivity index (χ0n) is 23.5. The molecule has 1 aliphatic rings. The van der Waals surface area contributed by atoms with Gasteiger partial charge in [0.1, 0.15) is 0 Å². The highest BCUT2D eigenvalue weighted by molar-refractivity contribution is 6.62. The monoisotopic (exact) mass is 536 g/mol. The first-order chi connectivity index (χ1) is 19.7. The molecule has 0 aliphatic carbocycles. The van der Waals surface area contributed by atoms with Crippen LogP contribution in [-0.2, 0) is 9.31 Å². The van der Waals surface area contributed by atoms with Gasteiger partial charge in [-0.1, -0.05) is 91.0 Å². The first-order valence-corrected chi connectivity index (χ1v) is 13.6. The van der Waals surface area contributed by atoms with Crippen LogP contribution in [0.5, 0.6) is 0 Å². The van der Waals surface area contributed by atoms with E-state index in [0.717, 1.165) is 33.3 Å². The maximum Gasteiger partial charge on any atom is 0.494 e. The number of hydrogen-bond donors (Lipinski definition) is 0.